The van der Waals surface area contributed by atoms with Crippen LogP contribution in [0.15, 0.2) is 37.0 Å². The lowest BCUT2D eigenvalue weighted by molar-refractivity contribution is 0.0522. The fourth-order valence-electron chi connectivity index (χ4n) is 1.95. The van der Waals surface area contributed by atoms with E-state index in [1.807, 2.05) is 0 Å². The third-order valence-corrected chi connectivity index (χ3v) is 3.06. The standard InChI is InChI=1S/C17H14F3NO3/c1-3-10-7-8-21-16(14(10)17(22)23-4-2)24-13-6-5-11(15(19)20)9-12(13)18/h3,5-9,15H,1,4H2,2H3. The topological polar surface area (TPSA) is 48.4 Å². The number of aromatic nitrogens is 1. The summed E-state index contributed by atoms with van der Waals surface area (Å²) in [6.07, 6.45) is -0.0526. The van der Waals surface area contributed by atoms with Crippen molar-refractivity contribution in [2.45, 2.75) is 13.3 Å². The molecule has 2 aromatic rings. The third-order valence-electron chi connectivity index (χ3n) is 3.06. The van der Waals surface area contributed by atoms with Gasteiger partial charge < -0.3 is 9.47 Å². The Hall–Kier alpha value is -2.83. The minimum Gasteiger partial charge on any atom is -0.462 e. The summed E-state index contributed by atoms with van der Waals surface area (Å²) in [6.45, 7) is 5.34. The monoisotopic (exact) mass is 337 g/mol. The number of esters is 1. The van der Waals surface area contributed by atoms with E-state index in [-0.39, 0.29) is 23.8 Å². The molecular weight excluding hydrogens is 323 g/mol. The van der Waals surface area contributed by atoms with E-state index < -0.39 is 23.8 Å². The first kappa shape index (κ1) is 17.5. The SMILES string of the molecule is C=Cc1ccnc(Oc2ccc(C(F)F)cc2F)c1C(=O)OCC. The van der Waals surface area contributed by atoms with Gasteiger partial charge in [0.1, 0.15) is 5.56 Å². The number of benzene rings is 1. The third kappa shape index (κ3) is 3.73. The maximum Gasteiger partial charge on any atom is 0.344 e. The van der Waals surface area contributed by atoms with Crippen molar-refractivity contribution in [2.24, 2.45) is 0 Å². The number of rotatable bonds is 6. The average Bonchev–Trinajstić information content (AvgIpc) is 2.56. The molecule has 2 rings (SSSR count). The number of alkyl halides is 2. The molecule has 0 saturated carbocycles. The van der Waals surface area contributed by atoms with Crippen molar-refractivity contribution >= 4 is 12.0 Å². The molecule has 0 amide bonds. The van der Waals surface area contributed by atoms with Crippen molar-refractivity contribution in [3.63, 3.8) is 0 Å². The lowest BCUT2D eigenvalue weighted by atomic mass is 10.1. The van der Waals surface area contributed by atoms with Gasteiger partial charge in [0.15, 0.2) is 11.6 Å². The van der Waals surface area contributed by atoms with Crippen LogP contribution in [-0.2, 0) is 4.74 Å². The molecule has 0 spiro atoms. The van der Waals surface area contributed by atoms with Crippen LogP contribution in [0.25, 0.3) is 6.08 Å². The number of ether oxygens (including phenoxy) is 2. The highest BCUT2D eigenvalue weighted by Crippen LogP contribution is 2.31. The van der Waals surface area contributed by atoms with Crippen LogP contribution in [0.3, 0.4) is 0 Å². The first-order valence-electron chi connectivity index (χ1n) is 7.02. The highest BCUT2D eigenvalue weighted by atomic mass is 19.3. The Labute approximate surface area is 136 Å². The van der Waals surface area contributed by atoms with Gasteiger partial charge in [0.05, 0.1) is 6.61 Å². The van der Waals surface area contributed by atoms with Crippen LogP contribution in [0.5, 0.6) is 11.6 Å². The van der Waals surface area contributed by atoms with Crippen molar-refractivity contribution in [2.75, 3.05) is 6.61 Å². The minimum atomic E-state index is -2.80. The van der Waals surface area contributed by atoms with Gasteiger partial charge in [-0.15, -0.1) is 0 Å². The van der Waals surface area contributed by atoms with Gasteiger partial charge in [-0.25, -0.2) is 22.9 Å². The predicted octanol–water partition coefficient (Wildman–Crippen LogP) is 4.77. The fourth-order valence-corrected chi connectivity index (χ4v) is 1.95. The van der Waals surface area contributed by atoms with E-state index in [1.54, 1.807) is 6.92 Å². The fraction of sp³-hybridized carbons (Fsp3) is 0.176. The van der Waals surface area contributed by atoms with Crippen LogP contribution in [0.1, 0.15) is 34.8 Å². The second kappa shape index (κ2) is 7.63. The largest absolute Gasteiger partial charge is 0.462 e. The molecule has 1 heterocycles. The molecule has 7 heteroatoms. The zero-order valence-corrected chi connectivity index (χ0v) is 12.8. The Morgan fingerprint density at radius 1 is 1.38 bits per heavy atom. The summed E-state index contributed by atoms with van der Waals surface area (Å²) < 4.78 is 49.3. The van der Waals surface area contributed by atoms with E-state index in [9.17, 15) is 18.0 Å². The molecule has 1 aromatic heterocycles. The van der Waals surface area contributed by atoms with Crippen molar-refractivity contribution in [1.29, 1.82) is 0 Å². The van der Waals surface area contributed by atoms with E-state index in [0.29, 0.717) is 11.6 Å². The summed E-state index contributed by atoms with van der Waals surface area (Å²) in [6, 6.07) is 4.27. The van der Waals surface area contributed by atoms with Gasteiger partial charge in [-0.1, -0.05) is 12.7 Å². The minimum absolute atomic E-state index is 0.0216. The Bertz CT molecular complexity index is 763. The second-order valence-corrected chi connectivity index (χ2v) is 4.60. The van der Waals surface area contributed by atoms with E-state index in [4.69, 9.17) is 9.47 Å². The quantitative estimate of drug-likeness (QED) is 0.713. The van der Waals surface area contributed by atoms with E-state index in [2.05, 4.69) is 11.6 Å². The molecular formula is C17H14F3NO3. The van der Waals surface area contributed by atoms with Crippen LogP contribution in [0, 0.1) is 5.82 Å². The van der Waals surface area contributed by atoms with Crippen molar-refractivity contribution in [3.8, 4) is 11.6 Å². The number of pyridine rings is 1. The Kier molecular flexibility index (Phi) is 5.57. The van der Waals surface area contributed by atoms with Gasteiger partial charge in [0.2, 0.25) is 5.88 Å². The molecule has 0 aliphatic heterocycles. The number of hydrogen-bond donors (Lipinski definition) is 0. The molecule has 0 aliphatic rings. The normalized spacial score (nSPS) is 10.5. The van der Waals surface area contributed by atoms with E-state index >= 15 is 0 Å². The number of halogens is 3. The van der Waals surface area contributed by atoms with Crippen LogP contribution in [0.4, 0.5) is 13.2 Å². The predicted molar refractivity (Wildman–Crippen MR) is 81.7 cm³/mol. The van der Waals surface area contributed by atoms with E-state index in [0.717, 1.165) is 12.1 Å². The summed E-state index contributed by atoms with van der Waals surface area (Å²) in [4.78, 5) is 16.0. The summed E-state index contributed by atoms with van der Waals surface area (Å²) in [5.74, 6) is -2.23. The van der Waals surface area contributed by atoms with Gasteiger partial charge in [-0.3, -0.25) is 0 Å². The van der Waals surface area contributed by atoms with Crippen molar-refractivity contribution in [3.05, 3.63) is 59.5 Å². The number of nitrogens with zero attached hydrogens (tertiary/aromatic N) is 1. The molecule has 0 bridgehead atoms. The maximum absolute atomic E-state index is 13.9. The smallest absolute Gasteiger partial charge is 0.344 e. The maximum atomic E-state index is 13.9. The number of carbonyl (C=O) groups is 1. The van der Waals surface area contributed by atoms with Crippen molar-refractivity contribution in [1.82, 2.24) is 4.98 Å². The molecule has 0 atom stereocenters. The van der Waals surface area contributed by atoms with Gasteiger partial charge in [0, 0.05) is 11.8 Å². The van der Waals surface area contributed by atoms with Gasteiger partial charge in [-0.05, 0) is 36.8 Å². The summed E-state index contributed by atoms with van der Waals surface area (Å²) in [5.41, 5.74) is -0.104. The van der Waals surface area contributed by atoms with Crippen LogP contribution >= 0.6 is 0 Å². The summed E-state index contributed by atoms with van der Waals surface area (Å²) >= 11 is 0. The zero-order chi connectivity index (χ0) is 17.7. The highest BCUT2D eigenvalue weighted by molar-refractivity contribution is 5.96. The van der Waals surface area contributed by atoms with Crippen LogP contribution in [-0.4, -0.2) is 17.6 Å². The molecule has 1 aromatic carbocycles. The summed E-state index contributed by atoms with van der Waals surface area (Å²) in [7, 11) is 0. The number of carbonyl (C=O) groups excluding carboxylic acids is 1. The van der Waals surface area contributed by atoms with Crippen LogP contribution in [0.2, 0.25) is 0 Å². The van der Waals surface area contributed by atoms with Crippen LogP contribution < -0.4 is 4.74 Å². The molecule has 24 heavy (non-hydrogen) atoms. The Balaban J connectivity index is 2.43. The molecule has 0 aliphatic carbocycles. The molecule has 0 saturated heterocycles. The van der Waals surface area contributed by atoms with E-state index in [1.165, 1.54) is 18.3 Å². The molecule has 4 nitrogen and oxygen atoms in total. The highest BCUT2D eigenvalue weighted by Gasteiger charge is 2.21. The number of hydrogen-bond acceptors (Lipinski definition) is 4. The lowest BCUT2D eigenvalue weighted by Crippen LogP contribution is -2.10. The average molecular weight is 337 g/mol. The second-order valence-electron chi connectivity index (χ2n) is 4.60. The Morgan fingerprint density at radius 2 is 2.12 bits per heavy atom. The van der Waals surface area contributed by atoms with Crippen molar-refractivity contribution < 1.29 is 27.4 Å². The molecule has 0 unspecified atom stereocenters. The first-order valence-corrected chi connectivity index (χ1v) is 7.02. The molecule has 0 radical (unpaired) electrons. The Morgan fingerprint density at radius 3 is 2.71 bits per heavy atom. The lowest BCUT2D eigenvalue weighted by Gasteiger charge is -2.12. The first-order chi connectivity index (χ1) is 11.5. The molecule has 126 valence electrons. The molecule has 0 fully saturated rings. The van der Waals surface area contributed by atoms with Gasteiger partial charge in [-0.2, -0.15) is 0 Å². The zero-order valence-electron chi connectivity index (χ0n) is 12.8. The summed E-state index contributed by atoms with van der Waals surface area (Å²) in [5, 5.41) is 0. The van der Waals surface area contributed by atoms with Gasteiger partial charge in [0.25, 0.3) is 6.43 Å². The molecule has 0 N–H and O–H groups in total. The van der Waals surface area contributed by atoms with Gasteiger partial charge >= 0.3 is 5.97 Å².